The van der Waals surface area contributed by atoms with Gasteiger partial charge in [-0.15, -0.1) is 0 Å². The third-order valence-electron chi connectivity index (χ3n) is 4.98. The van der Waals surface area contributed by atoms with Gasteiger partial charge < -0.3 is 10.2 Å². The smallest absolute Gasteiger partial charge is 0.228 e. The summed E-state index contributed by atoms with van der Waals surface area (Å²) in [5.41, 5.74) is 1.67. The Labute approximate surface area is 148 Å². The largest absolute Gasteiger partial charge is 0.355 e. The Morgan fingerprint density at radius 2 is 2.04 bits per heavy atom. The van der Waals surface area contributed by atoms with Crippen LogP contribution in [-0.4, -0.2) is 39.6 Å². The molecule has 0 unspecified atom stereocenters. The molecular formula is C18H24N2O4S. The maximum absolute atomic E-state index is 12.5. The van der Waals surface area contributed by atoms with Crippen molar-refractivity contribution in [3.8, 4) is 0 Å². The van der Waals surface area contributed by atoms with Crippen LogP contribution < -0.4 is 10.2 Å². The Morgan fingerprint density at radius 1 is 1.32 bits per heavy atom. The number of amides is 2. The number of anilines is 1. The standard InChI is InChI=1S/C18H24N2O4S/c1-12-10-15(12)18(22)19-8-7-17(21)20-9-3-4-13-11-14(25(2,23)24)5-6-16(13)20/h5-6,11-12,15H,3-4,7-10H2,1-2H3,(H,19,22)/t12-,15-/m1/s1. The molecule has 7 heteroatoms. The van der Waals surface area contributed by atoms with Crippen LogP contribution in [0.25, 0.3) is 0 Å². The highest BCUT2D eigenvalue weighted by molar-refractivity contribution is 7.90. The first-order valence-corrected chi connectivity index (χ1v) is 10.6. The summed E-state index contributed by atoms with van der Waals surface area (Å²) in [6.07, 6.45) is 3.93. The second-order valence-electron chi connectivity index (χ2n) is 7.07. The van der Waals surface area contributed by atoms with Crippen molar-refractivity contribution in [2.45, 2.75) is 37.5 Å². The van der Waals surface area contributed by atoms with Gasteiger partial charge in [0.25, 0.3) is 0 Å². The zero-order chi connectivity index (χ0) is 18.2. The summed E-state index contributed by atoms with van der Waals surface area (Å²) in [5, 5.41) is 2.83. The molecule has 1 aromatic rings. The van der Waals surface area contributed by atoms with Crippen molar-refractivity contribution in [3.63, 3.8) is 0 Å². The van der Waals surface area contributed by atoms with Crippen LogP contribution in [0.2, 0.25) is 0 Å². The highest BCUT2D eigenvalue weighted by Crippen LogP contribution is 2.37. The van der Waals surface area contributed by atoms with Gasteiger partial charge in [-0.05, 0) is 48.9 Å². The van der Waals surface area contributed by atoms with Crippen LogP contribution in [0.4, 0.5) is 5.69 Å². The van der Waals surface area contributed by atoms with Crippen molar-refractivity contribution in [2.75, 3.05) is 24.2 Å². The molecule has 2 amide bonds. The van der Waals surface area contributed by atoms with Gasteiger partial charge in [-0.3, -0.25) is 9.59 Å². The Kier molecular flexibility index (Phi) is 4.86. The van der Waals surface area contributed by atoms with Gasteiger partial charge >= 0.3 is 0 Å². The van der Waals surface area contributed by atoms with E-state index in [9.17, 15) is 18.0 Å². The fourth-order valence-corrected chi connectivity index (χ4v) is 3.98. The highest BCUT2D eigenvalue weighted by atomic mass is 32.2. The molecule has 0 aromatic heterocycles. The molecule has 2 atom stereocenters. The normalized spacial score (nSPS) is 22.2. The van der Waals surface area contributed by atoms with Gasteiger partial charge in [-0.25, -0.2) is 8.42 Å². The summed E-state index contributed by atoms with van der Waals surface area (Å²) in [5.74, 6) is 0.559. The zero-order valence-electron chi connectivity index (χ0n) is 14.6. The third-order valence-corrected chi connectivity index (χ3v) is 6.09. The topological polar surface area (TPSA) is 83.6 Å². The van der Waals surface area contributed by atoms with Gasteiger partial charge in [0.1, 0.15) is 0 Å². The average molecular weight is 364 g/mol. The van der Waals surface area contributed by atoms with Crippen molar-refractivity contribution < 1.29 is 18.0 Å². The Balaban J connectivity index is 1.63. The fourth-order valence-electron chi connectivity index (χ4n) is 3.31. The third kappa shape index (κ3) is 4.03. The number of nitrogens with zero attached hydrogens (tertiary/aromatic N) is 1. The lowest BCUT2D eigenvalue weighted by molar-refractivity contribution is -0.122. The van der Waals surface area contributed by atoms with Gasteiger partial charge in [-0.2, -0.15) is 0 Å². The van der Waals surface area contributed by atoms with E-state index in [-0.39, 0.29) is 29.0 Å². The van der Waals surface area contributed by atoms with Crippen LogP contribution in [-0.2, 0) is 25.8 Å². The number of sulfone groups is 1. The van der Waals surface area contributed by atoms with Gasteiger partial charge in [0.15, 0.2) is 9.84 Å². The Morgan fingerprint density at radius 3 is 2.68 bits per heavy atom. The SMILES string of the molecule is C[C@@H]1C[C@H]1C(=O)NCCC(=O)N1CCCc2cc(S(C)(=O)=O)ccc21. The van der Waals surface area contributed by atoms with E-state index in [1.807, 2.05) is 6.92 Å². The molecule has 2 aliphatic rings. The minimum absolute atomic E-state index is 0.0390. The van der Waals surface area contributed by atoms with Crippen molar-refractivity contribution in [2.24, 2.45) is 11.8 Å². The van der Waals surface area contributed by atoms with Crippen LogP contribution in [0.3, 0.4) is 0 Å². The van der Waals surface area contributed by atoms with E-state index in [0.29, 0.717) is 19.0 Å². The molecule has 1 aromatic carbocycles. The first-order chi connectivity index (χ1) is 11.8. The number of rotatable bonds is 5. The molecule has 0 spiro atoms. The molecule has 25 heavy (non-hydrogen) atoms. The van der Waals surface area contributed by atoms with E-state index >= 15 is 0 Å². The number of carbonyl (C=O) groups excluding carboxylic acids is 2. The maximum Gasteiger partial charge on any atom is 0.228 e. The lowest BCUT2D eigenvalue weighted by Gasteiger charge is -2.30. The van der Waals surface area contributed by atoms with Crippen molar-refractivity contribution in [3.05, 3.63) is 23.8 Å². The van der Waals surface area contributed by atoms with E-state index in [2.05, 4.69) is 5.32 Å². The molecule has 1 fully saturated rings. The number of hydrogen-bond donors (Lipinski definition) is 1. The van der Waals surface area contributed by atoms with Crippen LogP contribution in [0.15, 0.2) is 23.1 Å². The van der Waals surface area contributed by atoms with Crippen molar-refractivity contribution in [1.29, 1.82) is 0 Å². The van der Waals surface area contributed by atoms with Gasteiger partial charge in [0.05, 0.1) is 4.90 Å². The molecule has 0 bridgehead atoms. The van der Waals surface area contributed by atoms with E-state index in [4.69, 9.17) is 0 Å². The quantitative estimate of drug-likeness (QED) is 0.859. The number of nitrogens with one attached hydrogen (secondary N) is 1. The summed E-state index contributed by atoms with van der Waals surface area (Å²) >= 11 is 0. The lowest BCUT2D eigenvalue weighted by Crippen LogP contribution is -2.38. The minimum Gasteiger partial charge on any atom is -0.355 e. The fraction of sp³-hybridized carbons (Fsp3) is 0.556. The number of hydrogen-bond acceptors (Lipinski definition) is 4. The summed E-state index contributed by atoms with van der Waals surface area (Å²) in [6.45, 7) is 3.01. The molecule has 1 aliphatic carbocycles. The second kappa shape index (κ2) is 6.78. The molecule has 0 radical (unpaired) electrons. The number of carbonyl (C=O) groups is 2. The number of aryl methyl sites for hydroxylation is 1. The predicted octanol–water partition coefficient (Wildman–Crippen LogP) is 1.53. The van der Waals surface area contributed by atoms with E-state index < -0.39 is 9.84 Å². The molecule has 3 rings (SSSR count). The zero-order valence-corrected chi connectivity index (χ0v) is 15.4. The molecule has 1 saturated carbocycles. The molecule has 136 valence electrons. The summed E-state index contributed by atoms with van der Waals surface area (Å²) in [4.78, 5) is 26.3. The Bertz CT molecular complexity index is 803. The van der Waals surface area contributed by atoms with Crippen LogP contribution in [0, 0.1) is 11.8 Å². The first-order valence-electron chi connectivity index (χ1n) is 8.68. The first kappa shape index (κ1) is 17.9. The van der Waals surface area contributed by atoms with Gasteiger partial charge in [0, 0.05) is 37.4 Å². The molecular weight excluding hydrogens is 340 g/mol. The van der Waals surface area contributed by atoms with Crippen LogP contribution >= 0.6 is 0 Å². The van der Waals surface area contributed by atoms with Crippen molar-refractivity contribution >= 4 is 27.3 Å². The molecule has 1 heterocycles. The molecule has 1 aliphatic heterocycles. The van der Waals surface area contributed by atoms with Gasteiger partial charge in [-0.1, -0.05) is 6.92 Å². The van der Waals surface area contributed by atoms with Crippen LogP contribution in [0.1, 0.15) is 31.7 Å². The Hall–Kier alpha value is -1.89. The summed E-state index contributed by atoms with van der Waals surface area (Å²) in [7, 11) is -3.26. The molecule has 6 nitrogen and oxygen atoms in total. The summed E-state index contributed by atoms with van der Waals surface area (Å²) < 4.78 is 23.4. The lowest BCUT2D eigenvalue weighted by atomic mass is 10.0. The monoisotopic (exact) mass is 364 g/mol. The predicted molar refractivity (Wildman–Crippen MR) is 95.1 cm³/mol. The minimum atomic E-state index is -3.26. The second-order valence-corrected chi connectivity index (χ2v) is 9.09. The number of fused-ring (bicyclic) bond motifs is 1. The van der Waals surface area contributed by atoms with E-state index in [1.54, 1.807) is 23.1 Å². The molecule has 1 N–H and O–H groups in total. The maximum atomic E-state index is 12.5. The molecule has 0 saturated heterocycles. The number of benzene rings is 1. The van der Waals surface area contributed by atoms with E-state index in [0.717, 1.165) is 30.5 Å². The average Bonchev–Trinajstić information content (AvgIpc) is 3.29. The highest BCUT2D eigenvalue weighted by Gasteiger charge is 2.38. The summed E-state index contributed by atoms with van der Waals surface area (Å²) in [6, 6.07) is 4.93. The van der Waals surface area contributed by atoms with Gasteiger partial charge in [0.2, 0.25) is 11.8 Å². The van der Waals surface area contributed by atoms with Crippen LogP contribution in [0.5, 0.6) is 0 Å². The van der Waals surface area contributed by atoms with E-state index in [1.165, 1.54) is 6.26 Å². The van der Waals surface area contributed by atoms with Crippen molar-refractivity contribution in [1.82, 2.24) is 5.32 Å².